The normalized spacial score (nSPS) is 18.9. The van der Waals surface area contributed by atoms with Crippen LogP contribution in [0.1, 0.15) is 28.9 Å². The molecule has 1 saturated heterocycles. The number of aromatic nitrogens is 1. The lowest BCUT2D eigenvalue weighted by Crippen LogP contribution is -2.42. The number of nitrogens with one attached hydrogen (secondary N) is 1. The van der Waals surface area contributed by atoms with Crippen LogP contribution in [0.2, 0.25) is 0 Å². The van der Waals surface area contributed by atoms with Crippen LogP contribution in [0.25, 0.3) is 10.9 Å². The molecule has 3 rings (SSSR count). The molecule has 0 saturated carbocycles. The molecule has 2 N–H and O–H groups in total. The first-order chi connectivity index (χ1) is 10.1. The Labute approximate surface area is 122 Å². The number of para-hydroxylation sites is 1. The van der Waals surface area contributed by atoms with Gasteiger partial charge in [0.15, 0.2) is 0 Å². The van der Waals surface area contributed by atoms with Crippen LogP contribution in [0.4, 0.5) is 0 Å². The topological polar surface area (TPSA) is 73.4 Å². The van der Waals surface area contributed by atoms with E-state index in [1.54, 1.807) is 4.90 Å². The minimum atomic E-state index is -0.817. The van der Waals surface area contributed by atoms with Gasteiger partial charge in [-0.3, -0.25) is 9.59 Å². The van der Waals surface area contributed by atoms with Crippen molar-refractivity contribution in [1.82, 2.24) is 9.88 Å². The van der Waals surface area contributed by atoms with Crippen molar-refractivity contribution in [2.45, 2.75) is 19.8 Å². The van der Waals surface area contributed by atoms with Crippen LogP contribution in [0.15, 0.2) is 24.3 Å². The summed E-state index contributed by atoms with van der Waals surface area (Å²) in [6, 6.07) is 7.69. The Kier molecular flexibility index (Phi) is 3.41. The molecule has 1 aliphatic heterocycles. The van der Waals surface area contributed by atoms with Gasteiger partial charge < -0.3 is 15.0 Å². The van der Waals surface area contributed by atoms with Gasteiger partial charge in [0.05, 0.1) is 11.5 Å². The highest BCUT2D eigenvalue weighted by atomic mass is 16.4. The first-order valence-corrected chi connectivity index (χ1v) is 7.17. The second-order valence-electron chi connectivity index (χ2n) is 5.60. The number of aliphatic carboxylic acids is 1. The van der Waals surface area contributed by atoms with E-state index < -0.39 is 11.9 Å². The summed E-state index contributed by atoms with van der Waals surface area (Å²) in [5.41, 5.74) is 2.43. The molecule has 2 aromatic rings. The van der Waals surface area contributed by atoms with E-state index in [0.29, 0.717) is 25.1 Å². The average molecular weight is 286 g/mol. The van der Waals surface area contributed by atoms with Crippen molar-refractivity contribution in [3.8, 4) is 0 Å². The first kappa shape index (κ1) is 13.7. The molecule has 21 heavy (non-hydrogen) atoms. The molecule has 5 nitrogen and oxygen atoms in total. The maximum atomic E-state index is 12.8. The van der Waals surface area contributed by atoms with E-state index in [2.05, 4.69) is 4.98 Å². The molecule has 1 aliphatic rings. The molecule has 0 spiro atoms. The lowest BCUT2D eigenvalue weighted by Gasteiger charge is -2.30. The van der Waals surface area contributed by atoms with E-state index in [1.165, 1.54) is 0 Å². The number of hydrogen-bond donors (Lipinski definition) is 2. The van der Waals surface area contributed by atoms with Crippen LogP contribution in [0.5, 0.6) is 0 Å². The van der Waals surface area contributed by atoms with E-state index in [-0.39, 0.29) is 5.91 Å². The number of rotatable bonds is 2. The third kappa shape index (κ3) is 2.39. The fourth-order valence-corrected chi connectivity index (χ4v) is 3.07. The van der Waals surface area contributed by atoms with Crippen molar-refractivity contribution < 1.29 is 14.7 Å². The number of fused-ring (bicyclic) bond motifs is 1. The van der Waals surface area contributed by atoms with Crippen molar-refractivity contribution in [2.24, 2.45) is 5.92 Å². The summed E-state index contributed by atoms with van der Waals surface area (Å²) in [6.45, 7) is 2.81. The number of H-pyrrole nitrogens is 1. The lowest BCUT2D eigenvalue weighted by molar-refractivity contribution is -0.143. The fourth-order valence-electron chi connectivity index (χ4n) is 3.07. The zero-order chi connectivity index (χ0) is 15.0. The molecule has 1 atom stereocenters. The number of aromatic amines is 1. The van der Waals surface area contributed by atoms with E-state index in [1.807, 2.05) is 31.2 Å². The summed E-state index contributed by atoms with van der Waals surface area (Å²) in [5, 5.41) is 10.1. The highest BCUT2D eigenvalue weighted by Crippen LogP contribution is 2.25. The van der Waals surface area contributed by atoms with Crippen molar-refractivity contribution in [3.63, 3.8) is 0 Å². The second-order valence-corrected chi connectivity index (χ2v) is 5.60. The SMILES string of the molecule is Cc1[nH]c2ccccc2c1C(=O)N1CCC[C@H](C(=O)O)C1. The molecule has 110 valence electrons. The molecule has 2 heterocycles. The summed E-state index contributed by atoms with van der Waals surface area (Å²) in [6.07, 6.45) is 1.39. The first-order valence-electron chi connectivity index (χ1n) is 7.17. The van der Waals surface area contributed by atoms with Crippen molar-refractivity contribution in [2.75, 3.05) is 13.1 Å². The number of carboxylic acids is 1. The standard InChI is InChI=1S/C16H18N2O3/c1-10-14(12-6-2-3-7-13(12)17-10)15(19)18-8-4-5-11(9-18)16(20)21/h2-3,6-7,11,17H,4-5,8-9H2,1H3,(H,20,21)/t11-/m0/s1. The van der Waals surface area contributed by atoms with Gasteiger partial charge in [0, 0.05) is 29.7 Å². The van der Waals surface area contributed by atoms with Crippen LogP contribution in [-0.2, 0) is 4.79 Å². The van der Waals surface area contributed by atoms with Crippen molar-refractivity contribution in [1.29, 1.82) is 0 Å². The average Bonchev–Trinajstić information content (AvgIpc) is 2.82. The highest BCUT2D eigenvalue weighted by Gasteiger charge is 2.30. The van der Waals surface area contributed by atoms with Gasteiger partial charge in [-0.15, -0.1) is 0 Å². The number of aryl methyl sites for hydroxylation is 1. The number of amides is 1. The van der Waals surface area contributed by atoms with Gasteiger partial charge in [-0.2, -0.15) is 0 Å². The molecular formula is C16H18N2O3. The Morgan fingerprint density at radius 1 is 1.33 bits per heavy atom. The summed E-state index contributed by atoms with van der Waals surface area (Å²) >= 11 is 0. The monoisotopic (exact) mass is 286 g/mol. The number of piperidine rings is 1. The Hall–Kier alpha value is -2.30. The number of benzene rings is 1. The number of nitrogens with zero attached hydrogens (tertiary/aromatic N) is 1. The van der Waals surface area contributed by atoms with Gasteiger partial charge in [0.25, 0.3) is 5.91 Å². The zero-order valence-corrected chi connectivity index (χ0v) is 11.9. The summed E-state index contributed by atoms with van der Waals surface area (Å²) in [4.78, 5) is 28.8. The molecule has 0 unspecified atom stereocenters. The minimum absolute atomic E-state index is 0.0732. The molecule has 0 aliphatic carbocycles. The Morgan fingerprint density at radius 2 is 2.10 bits per heavy atom. The lowest BCUT2D eigenvalue weighted by atomic mass is 9.97. The number of carbonyl (C=O) groups excluding carboxylic acids is 1. The predicted octanol–water partition coefficient (Wildman–Crippen LogP) is 2.41. The van der Waals surface area contributed by atoms with Crippen LogP contribution in [0.3, 0.4) is 0 Å². The maximum Gasteiger partial charge on any atom is 0.308 e. The van der Waals surface area contributed by atoms with Crippen LogP contribution >= 0.6 is 0 Å². The smallest absolute Gasteiger partial charge is 0.308 e. The number of likely N-dealkylation sites (tertiary alicyclic amines) is 1. The molecule has 0 bridgehead atoms. The van der Waals surface area contributed by atoms with Gasteiger partial charge in [-0.05, 0) is 25.8 Å². The van der Waals surface area contributed by atoms with Crippen LogP contribution < -0.4 is 0 Å². The Balaban J connectivity index is 1.93. The number of hydrogen-bond acceptors (Lipinski definition) is 2. The van der Waals surface area contributed by atoms with Crippen LogP contribution in [0, 0.1) is 12.8 Å². The van der Waals surface area contributed by atoms with Gasteiger partial charge >= 0.3 is 5.97 Å². The molecule has 0 radical (unpaired) electrons. The third-order valence-corrected chi connectivity index (χ3v) is 4.17. The molecule has 1 amide bonds. The largest absolute Gasteiger partial charge is 0.481 e. The summed E-state index contributed by atoms with van der Waals surface area (Å²) in [7, 11) is 0. The molecule has 1 aromatic carbocycles. The van der Waals surface area contributed by atoms with Crippen molar-refractivity contribution in [3.05, 3.63) is 35.5 Å². The van der Waals surface area contributed by atoms with Gasteiger partial charge in [-0.1, -0.05) is 18.2 Å². The van der Waals surface area contributed by atoms with Gasteiger partial charge in [0.1, 0.15) is 0 Å². The van der Waals surface area contributed by atoms with E-state index in [4.69, 9.17) is 5.11 Å². The maximum absolute atomic E-state index is 12.8. The minimum Gasteiger partial charge on any atom is -0.481 e. The van der Waals surface area contributed by atoms with Crippen molar-refractivity contribution >= 4 is 22.8 Å². The van der Waals surface area contributed by atoms with Gasteiger partial charge in [0.2, 0.25) is 0 Å². The second kappa shape index (κ2) is 5.24. The Morgan fingerprint density at radius 3 is 2.86 bits per heavy atom. The quantitative estimate of drug-likeness (QED) is 0.890. The Bertz CT molecular complexity index is 705. The molecule has 1 aromatic heterocycles. The summed E-state index contributed by atoms with van der Waals surface area (Å²) < 4.78 is 0. The molecule has 5 heteroatoms. The number of carboxylic acid groups (broad SMARTS) is 1. The van der Waals surface area contributed by atoms with E-state index in [9.17, 15) is 9.59 Å². The van der Waals surface area contributed by atoms with Gasteiger partial charge in [-0.25, -0.2) is 0 Å². The fraction of sp³-hybridized carbons (Fsp3) is 0.375. The molecule has 1 fully saturated rings. The predicted molar refractivity (Wildman–Crippen MR) is 79.3 cm³/mol. The van der Waals surface area contributed by atoms with Crippen LogP contribution in [-0.4, -0.2) is 40.0 Å². The summed E-state index contributed by atoms with van der Waals surface area (Å²) in [5.74, 6) is -1.34. The van der Waals surface area contributed by atoms with E-state index in [0.717, 1.165) is 23.0 Å². The zero-order valence-electron chi connectivity index (χ0n) is 11.9. The third-order valence-electron chi connectivity index (χ3n) is 4.17. The van der Waals surface area contributed by atoms with E-state index >= 15 is 0 Å². The number of carbonyl (C=O) groups is 2. The highest BCUT2D eigenvalue weighted by molar-refractivity contribution is 6.08. The molecular weight excluding hydrogens is 268 g/mol.